The number of ether oxygens (including phenoxy) is 2. The van der Waals surface area contributed by atoms with Gasteiger partial charge in [-0.15, -0.1) is 0 Å². The maximum Gasteiger partial charge on any atom is 0.160 e. The fraction of sp³-hybridized carbons (Fsp3) is 0.250. The molecule has 0 atom stereocenters. The second-order valence-corrected chi connectivity index (χ2v) is 6.89. The predicted molar refractivity (Wildman–Crippen MR) is 115 cm³/mol. The number of fused-ring (bicyclic) bond motifs is 1. The highest BCUT2D eigenvalue weighted by Crippen LogP contribution is 2.27. The van der Waals surface area contributed by atoms with Gasteiger partial charge in [-0.3, -0.25) is 0 Å². The Labute approximate surface area is 166 Å². The Hall–Kier alpha value is -2.98. The normalized spacial score (nSPS) is 11.4. The van der Waals surface area contributed by atoms with E-state index in [-0.39, 0.29) is 0 Å². The van der Waals surface area contributed by atoms with Gasteiger partial charge < -0.3 is 19.5 Å². The van der Waals surface area contributed by atoms with Crippen LogP contribution in [-0.2, 0) is 6.42 Å². The fourth-order valence-corrected chi connectivity index (χ4v) is 3.17. The Morgan fingerprint density at radius 1 is 0.893 bits per heavy atom. The lowest BCUT2D eigenvalue weighted by Gasteiger charge is -2.15. The van der Waals surface area contributed by atoms with Crippen molar-refractivity contribution >= 4 is 16.8 Å². The third kappa shape index (κ3) is 5.05. The van der Waals surface area contributed by atoms with Crippen LogP contribution in [-0.4, -0.2) is 44.4 Å². The standard InChI is InChI=1S/C24H27NO3/c1-25(14-12-19-7-11-23(27-2)24(16-19)28-3)13-4-5-18-6-8-21-17-22(26)10-9-20(21)15-18/h4-11,15-17,26H,12-14H2,1-3H3/b5-4+. The maximum atomic E-state index is 9.56. The van der Waals surface area contributed by atoms with Gasteiger partial charge in [0.25, 0.3) is 0 Å². The number of nitrogens with zero attached hydrogens (tertiary/aromatic N) is 1. The smallest absolute Gasteiger partial charge is 0.160 e. The molecule has 0 aromatic heterocycles. The molecule has 3 aromatic carbocycles. The number of likely N-dealkylation sites (N-methyl/N-ethyl adjacent to an activating group) is 1. The van der Waals surface area contributed by atoms with Gasteiger partial charge in [-0.25, -0.2) is 0 Å². The summed E-state index contributed by atoms with van der Waals surface area (Å²) in [6.45, 7) is 1.83. The number of rotatable bonds is 8. The van der Waals surface area contributed by atoms with Gasteiger partial charge in [0.2, 0.25) is 0 Å². The second kappa shape index (κ2) is 9.29. The zero-order chi connectivity index (χ0) is 19.9. The van der Waals surface area contributed by atoms with Crippen molar-refractivity contribution in [2.45, 2.75) is 6.42 Å². The first kappa shape index (κ1) is 19.8. The monoisotopic (exact) mass is 377 g/mol. The first-order chi connectivity index (χ1) is 13.6. The highest BCUT2D eigenvalue weighted by molar-refractivity contribution is 5.85. The molecule has 0 bridgehead atoms. The molecule has 0 heterocycles. The molecule has 0 amide bonds. The molecule has 0 saturated carbocycles. The molecule has 4 nitrogen and oxygen atoms in total. The number of aromatic hydroxyl groups is 1. The predicted octanol–water partition coefficient (Wildman–Crippen LogP) is 4.75. The van der Waals surface area contributed by atoms with Crippen LogP contribution in [0.4, 0.5) is 0 Å². The van der Waals surface area contributed by atoms with E-state index in [2.05, 4.69) is 42.3 Å². The molecular weight excluding hydrogens is 350 g/mol. The molecule has 146 valence electrons. The van der Waals surface area contributed by atoms with E-state index in [1.54, 1.807) is 26.4 Å². The van der Waals surface area contributed by atoms with Crippen molar-refractivity contribution in [2.24, 2.45) is 0 Å². The zero-order valence-electron chi connectivity index (χ0n) is 16.7. The van der Waals surface area contributed by atoms with Gasteiger partial charge in [0.15, 0.2) is 11.5 Å². The van der Waals surface area contributed by atoms with Crippen LogP contribution in [0.3, 0.4) is 0 Å². The summed E-state index contributed by atoms with van der Waals surface area (Å²) in [7, 11) is 5.43. The van der Waals surface area contributed by atoms with Gasteiger partial charge in [0.1, 0.15) is 5.75 Å². The molecule has 0 fully saturated rings. The zero-order valence-corrected chi connectivity index (χ0v) is 16.7. The van der Waals surface area contributed by atoms with Crippen LogP contribution in [0, 0.1) is 0 Å². The number of hydrogen-bond acceptors (Lipinski definition) is 4. The van der Waals surface area contributed by atoms with Gasteiger partial charge in [0, 0.05) is 13.1 Å². The van der Waals surface area contributed by atoms with E-state index in [1.807, 2.05) is 24.3 Å². The average Bonchev–Trinajstić information content (AvgIpc) is 2.72. The summed E-state index contributed by atoms with van der Waals surface area (Å²) in [5.74, 6) is 1.83. The molecule has 0 radical (unpaired) electrons. The minimum Gasteiger partial charge on any atom is -0.508 e. The lowest BCUT2D eigenvalue weighted by molar-refractivity contribution is 0.353. The summed E-state index contributed by atoms with van der Waals surface area (Å²) >= 11 is 0. The Kier molecular flexibility index (Phi) is 6.56. The summed E-state index contributed by atoms with van der Waals surface area (Å²) in [6, 6.07) is 17.8. The van der Waals surface area contributed by atoms with E-state index < -0.39 is 0 Å². The molecule has 0 aliphatic heterocycles. The van der Waals surface area contributed by atoms with E-state index in [1.165, 1.54) is 5.56 Å². The van der Waals surface area contributed by atoms with Crippen LogP contribution in [0.1, 0.15) is 11.1 Å². The van der Waals surface area contributed by atoms with Crippen molar-refractivity contribution in [1.29, 1.82) is 0 Å². The first-order valence-electron chi connectivity index (χ1n) is 9.38. The third-order valence-electron chi connectivity index (χ3n) is 4.81. The van der Waals surface area contributed by atoms with Crippen molar-refractivity contribution in [2.75, 3.05) is 34.4 Å². The first-order valence-corrected chi connectivity index (χ1v) is 9.38. The van der Waals surface area contributed by atoms with Crippen LogP contribution in [0.25, 0.3) is 16.8 Å². The van der Waals surface area contributed by atoms with Crippen molar-refractivity contribution in [3.63, 3.8) is 0 Å². The highest BCUT2D eigenvalue weighted by atomic mass is 16.5. The summed E-state index contributed by atoms with van der Waals surface area (Å²) in [4.78, 5) is 2.28. The summed E-state index contributed by atoms with van der Waals surface area (Å²) in [6.07, 6.45) is 5.26. The minimum atomic E-state index is 0.298. The van der Waals surface area contributed by atoms with Gasteiger partial charge >= 0.3 is 0 Å². The van der Waals surface area contributed by atoms with Crippen molar-refractivity contribution in [3.8, 4) is 17.2 Å². The highest BCUT2D eigenvalue weighted by Gasteiger charge is 2.05. The van der Waals surface area contributed by atoms with E-state index in [9.17, 15) is 5.11 Å². The average molecular weight is 377 g/mol. The number of methoxy groups -OCH3 is 2. The van der Waals surface area contributed by atoms with Crippen LogP contribution in [0.15, 0.2) is 60.7 Å². The number of benzene rings is 3. The molecule has 3 aromatic rings. The molecule has 0 aliphatic carbocycles. The third-order valence-corrected chi connectivity index (χ3v) is 4.81. The molecule has 28 heavy (non-hydrogen) atoms. The van der Waals surface area contributed by atoms with Crippen molar-refractivity contribution in [3.05, 3.63) is 71.8 Å². The van der Waals surface area contributed by atoms with E-state index in [0.717, 1.165) is 47.3 Å². The topological polar surface area (TPSA) is 41.9 Å². The number of hydrogen-bond donors (Lipinski definition) is 1. The molecule has 0 saturated heterocycles. The fourth-order valence-electron chi connectivity index (χ4n) is 3.17. The lowest BCUT2D eigenvalue weighted by atomic mass is 10.1. The van der Waals surface area contributed by atoms with Gasteiger partial charge in [0.05, 0.1) is 14.2 Å². The van der Waals surface area contributed by atoms with Gasteiger partial charge in [-0.1, -0.05) is 36.4 Å². The molecule has 0 aliphatic rings. The van der Waals surface area contributed by atoms with E-state index in [0.29, 0.717) is 5.75 Å². The number of phenolic OH excluding ortho intramolecular Hbond substituents is 1. The molecule has 1 N–H and O–H groups in total. The molecule has 4 heteroatoms. The summed E-state index contributed by atoms with van der Waals surface area (Å²) in [5, 5.41) is 11.7. The maximum absolute atomic E-state index is 9.56. The van der Waals surface area contributed by atoms with Gasteiger partial charge in [-0.05, 0) is 65.7 Å². The SMILES string of the molecule is COc1ccc(CCN(C)C/C=C/c2ccc3cc(O)ccc3c2)cc1OC. The minimum absolute atomic E-state index is 0.298. The van der Waals surface area contributed by atoms with Crippen LogP contribution in [0.5, 0.6) is 17.2 Å². The molecule has 0 spiro atoms. The van der Waals surface area contributed by atoms with E-state index in [4.69, 9.17) is 9.47 Å². The Morgan fingerprint density at radius 2 is 1.64 bits per heavy atom. The quantitative estimate of drug-likeness (QED) is 0.615. The molecular formula is C24H27NO3. The van der Waals surface area contributed by atoms with Crippen LogP contribution < -0.4 is 9.47 Å². The Balaban J connectivity index is 1.54. The van der Waals surface area contributed by atoms with Crippen molar-refractivity contribution in [1.82, 2.24) is 4.90 Å². The second-order valence-electron chi connectivity index (χ2n) is 6.89. The van der Waals surface area contributed by atoms with Crippen LogP contribution >= 0.6 is 0 Å². The van der Waals surface area contributed by atoms with Crippen molar-refractivity contribution < 1.29 is 14.6 Å². The summed E-state index contributed by atoms with van der Waals surface area (Å²) < 4.78 is 10.7. The van der Waals surface area contributed by atoms with Gasteiger partial charge in [-0.2, -0.15) is 0 Å². The van der Waals surface area contributed by atoms with Crippen LogP contribution in [0.2, 0.25) is 0 Å². The summed E-state index contributed by atoms with van der Waals surface area (Å²) in [5.41, 5.74) is 2.39. The molecule has 0 unspecified atom stereocenters. The van der Waals surface area contributed by atoms with E-state index >= 15 is 0 Å². The lowest BCUT2D eigenvalue weighted by Crippen LogP contribution is -2.21. The number of phenols is 1. The largest absolute Gasteiger partial charge is 0.508 e. The molecule has 3 rings (SSSR count). The Bertz CT molecular complexity index is 965. The Morgan fingerprint density at radius 3 is 2.43 bits per heavy atom.